The van der Waals surface area contributed by atoms with Gasteiger partial charge in [-0.3, -0.25) is 0 Å². The summed E-state index contributed by atoms with van der Waals surface area (Å²) in [5, 5.41) is 8.78. The molecule has 5 heteroatoms. The third kappa shape index (κ3) is 1.88. The molecule has 15 heavy (non-hydrogen) atoms. The number of aromatic carboxylic acids is 1. The van der Waals surface area contributed by atoms with Crippen LogP contribution in [0, 0.1) is 0 Å². The predicted molar refractivity (Wildman–Crippen MR) is 59.4 cm³/mol. The number of anilines is 1. The zero-order chi connectivity index (χ0) is 11.0. The van der Waals surface area contributed by atoms with Crippen molar-refractivity contribution >= 4 is 27.8 Å². The van der Waals surface area contributed by atoms with Gasteiger partial charge in [0.05, 0.1) is 4.47 Å². The molecule has 0 amide bonds. The topological polar surface area (TPSA) is 53.7 Å². The van der Waals surface area contributed by atoms with Crippen molar-refractivity contribution in [3.8, 4) is 0 Å². The Kier molecular flexibility index (Phi) is 2.73. The fraction of sp³-hybridized carbons (Fsp3) is 0.500. The molecule has 1 aliphatic carbocycles. The van der Waals surface area contributed by atoms with Crippen LogP contribution >= 0.6 is 15.9 Å². The van der Waals surface area contributed by atoms with Gasteiger partial charge in [-0.2, -0.15) is 0 Å². The van der Waals surface area contributed by atoms with Gasteiger partial charge < -0.3 is 14.4 Å². The molecule has 0 spiro atoms. The minimum absolute atomic E-state index is 0.0250. The Morgan fingerprint density at radius 1 is 1.67 bits per heavy atom. The molecular formula is C10H12BrNO3. The maximum absolute atomic E-state index is 10.7. The molecule has 0 aliphatic heterocycles. The van der Waals surface area contributed by atoms with Crippen molar-refractivity contribution in [2.24, 2.45) is 0 Å². The lowest BCUT2D eigenvalue weighted by atomic mass is 9.92. The first-order valence-corrected chi connectivity index (χ1v) is 5.64. The number of hydrogen-bond donors (Lipinski definition) is 1. The van der Waals surface area contributed by atoms with E-state index in [1.807, 2.05) is 11.9 Å². The molecule has 1 fully saturated rings. The SMILES string of the molecule is CN(c1oc(C(=O)O)cc1Br)C1CCC1. The van der Waals surface area contributed by atoms with E-state index in [0.29, 0.717) is 16.4 Å². The highest BCUT2D eigenvalue weighted by Gasteiger charge is 2.26. The van der Waals surface area contributed by atoms with Crippen molar-refractivity contribution in [2.45, 2.75) is 25.3 Å². The van der Waals surface area contributed by atoms with Gasteiger partial charge >= 0.3 is 5.97 Å². The Morgan fingerprint density at radius 3 is 2.73 bits per heavy atom. The number of furan rings is 1. The van der Waals surface area contributed by atoms with Crippen molar-refractivity contribution in [1.82, 2.24) is 0 Å². The summed E-state index contributed by atoms with van der Waals surface area (Å²) >= 11 is 3.31. The number of nitrogens with zero attached hydrogens (tertiary/aromatic N) is 1. The third-order valence-corrected chi connectivity index (χ3v) is 3.39. The third-order valence-electron chi connectivity index (χ3n) is 2.82. The molecule has 2 rings (SSSR count). The highest BCUT2D eigenvalue weighted by Crippen LogP contribution is 2.35. The molecule has 1 aromatic heterocycles. The summed E-state index contributed by atoms with van der Waals surface area (Å²) in [5.74, 6) is -0.455. The van der Waals surface area contributed by atoms with Gasteiger partial charge in [0.1, 0.15) is 0 Å². The van der Waals surface area contributed by atoms with Crippen LogP contribution in [0.15, 0.2) is 15.0 Å². The molecule has 82 valence electrons. The van der Waals surface area contributed by atoms with Crippen LogP contribution in [0.25, 0.3) is 0 Å². The average molecular weight is 274 g/mol. The highest BCUT2D eigenvalue weighted by molar-refractivity contribution is 9.10. The summed E-state index contributed by atoms with van der Waals surface area (Å²) < 4.78 is 5.98. The summed E-state index contributed by atoms with van der Waals surface area (Å²) in [4.78, 5) is 12.7. The predicted octanol–water partition coefficient (Wildman–Crippen LogP) is 2.73. The minimum atomic E-state index is -1.04. The summed E-state index contributed by atoms with van der Waals surface area (Å²) in [6, 6.07) is 1.97. The van der Waals surface area contributed by atoms with E-state index < -0.39 is 5.97 Å². The van der Waals surface area contributed by atoms with Crippen molar-refractivity contribution in [2.75, 3.05) is 11.9 Å². The molecule has 1 aromatic rings. The monoisotopic (exact) mass is 273 g/mol. The maximum Gasteiger partial charge on any atom is 0.371 e. The molecule has 4 nitrogen and oxygen atoms in total. The van der Waals surface area contributed by atoms with E-state index in [2.05, 4.69) is 15.9 Å². The van der Waals surface area contributed by atoms with Crippen molar-refractivity contribution in [3.63, 3.8) is 0 Å². The standard InChI is InChI=1S/C10H12BrNO3/c1-12(6-3-2-4-6)9-7(11)5-8(15-9)10(13)14/h5-6H,2-4H2,1H3,(H,13,14). The van der Waals surface area contributed by atoms with Crippen LogP contribution < -0.4 is 4.90 Å². The van der Waals surface area contributed by atoms with E-state index in [-0.39, 0.29) is 5.76 Å². The lowest BCUT2D eigenvalue weighted by Crippen LogP contribution is -2.37. The highest BCUT2D eigenvalue weighted by atomic mass is 79.9. The van der Waals surface area contributed by atoms with E-state index >= 15 is 0 Å². The van der Waals surface area contributed by atoms with E-state index in [1.165, 1.54) is 12.5 Å². The molecule has 1 aliphatic rings. The van der Waals surface area contributed by atoms with Crippen LogP contribution in [0.5, 0.6) is 0 Å². The van der Waals surface area contributed by atoms with Gasteiger partial charge in [0, 0.05) is 19.2 Å². The van der Waals surface area contributed by atoms with Crippen molar-refractivity contribution in [1.29, 1.82) is 0 Å². The molecule has 1 saturated carbocycles. The number of halogens is 1. The fourth-order valence-electron chi connectivity index (χ4n) is 1.64. The van der Waals surface area contributed by atoms with Crippen LogP contribution in [-0.2, 0) is 0 Å². The molecule has 1 heterocycles. The summed E-state index contributed by atoms with van der Waals surface area (Å²) in [5.41, 5.74) is 0. The number of hydrogen-bond acceptors (Lipinski definition) is 3. The van der Waals surface area contributed by atoms with E-state index in [1.54, 1.807) is 0 Å². The zero-order valence-corrected chi connectivity index (χ0v) is 9.95. The Morgan fingerprint density at radius 2 is 2.33 bits per heavy atom. The second-order valence-corrected chi connectivity index (χ2v) is 4.62. The average Bonchev–Trinajstić information content (AvgIpc) is 2.44. The molecule has 1 N–H and O–H groups in total. The summed E-state index contributed by atoms with van der Waals surface area (Å²) in [7, 11) is 1.93. The van der Waals surface area contributed by atoms with Crippen LogP contribution in [-0.4, -0.2) is 24.2 Å². The van der Waals surface area contributed by atoms with Crippen LogP contribution in [0.4, 0.5) is 5.88 Å². The van der Waals surface area contributed by atoms with Crippen LogP contribution in [0.1, 0.15) is 29.8 Å². The first-order valence-electron chi connectivity index (χ1n) is 4.85. The van der Waals surface area contributed by atoms with Crippen LogP contribution in [0.2, 0.25) is 0 Å². The summed E-state index contributed by atoms with van der Waals surface area (Å²) in [6.07, 6.45) is 3.53. The second-order valence-electron chi connectivity index (χ2n) is 3.76. The molecule has 0 atom stereocenters. The number of carboxylic acid groups (broad SMARTS) is 1. The molecule has 0 saturated heterocycles. The number of carbonyl (C=O) groups is 1. The smallest absolute Gasteiger partial charge is 0.371 e. The van der Waals surface area contributed by atoms with Gasteiger partial charge in [-0.05, 0) is 35.2 Å². The normalized spacial score (nSPS) is 16.1. The molecule has 0 bridgehead atoms. The van der Waals surface area contributed by atoms with E-state index in [9.17, 15) is 4.79 Å². The minimum Gasteiger partial charge on any atom is -0.475 e. The quantitative estimate of drug-likeness (QED) is 0.920. The van der Waals surface area contributed by atoms with Gasteiger partial charge in [0.25, 0.3) is 0 Å². The Bertz CT molecular complexity index is 384. The maximum atomic E-state index is 10.7. The number of carboxylic acids is 1. The Labute approximate surface area is 96.0 Å². The van der Waals surface area contributed by atoms with Gasteiger partial charge in [0.15, 0.2) is 0 Å². The Balaban J connectivity index is 2.22. The van der Waals surface area contributed by atoms with E-state index in [4.69, 9.17) is 9.52 Å². The largest absolute Gasteiger partial charge is 0.475 e. The lowest BCUT2D eigenvalue weighted by Gasteiger charge is -2.34. The van der Waals surface area contributed by atoms with Gasteiger partial charge in [-0.15, -0.1) is 0 Å². The van der Waals surface area contributed by atoms with Crippen molar-refractivity contribution in [3.05, 3.63) is 16.3 Å². The van der Waals surface area contributed by atoms with Gasteiger partial charge in [0.2, 0.25) is 11.6 Å². The van der Waals surface area contributed by atoms with Gasteiger partial charge in [-0.1, -0.05) is 0 Å². The first kappa shape index (κ1) is 10.5. The zero-order valence-electron chi connectivity index (χ0n) is 8.36. The molecule has 0 radical (unpaired) electrons. The first-order chi connectivity index (χ1) is 7.09. The molecule has 0 aromatic carbocycles. The van der Waals surface area contributed by atoms with Crippen LogP contribution in [0.3, 0.4) is 0 Å². The van der Waals surface area contributed by atoms with E-state index in [0.717, 1.165) is 12.8 Å². The van der Waals surface area contributed by atoms with Crippen molar-refractivity contribution < 1.29 is 14.3 Å². The number of rotatable bonds is 3. The Hall–Kier alpha value is -0.970. The molecular weight excluding hydrogens is 262 g/mol. The fourth-order valence-corrected chi connectivity index (χ4v) is 2.21. The second kappa shape index (κ2) is 3.89. The molecule has 0 unspecified atom stereocenters. The summed E-state index contributed by atoms with van der Waals surface area (Å²) in [6.45, 7) is 0. The van der Waals surface area contributed by atoms with Gasteiger partial charge in [-0.25, -0.2) is 4.79 Å². The lowest BCUT2D eigenvalue weighted by molar-refractivity contribution is 0.0663.